The van der Waals surface area contributed by atoms with Gasteiger partial charge in [-0.25, -0.2) is 9.59 Å². The van der Waals surface area contributed by atoms with E-state index in [4.69, 9.17) is 4.74 Å². The Kier molecular flexibility index (Phi) is 7.69. The molecule has 2 N–H and O–H groups in total. The van der Waals surface area contributed by atoms with Crippen LogP contribution in [0.1, 0.15) is 45.7 Å². The fraction of sp³-hybridized carbons (Fsp3) is 0.273. The Bertz CT molecular complexity index is 961. The number of anilines is 2. The van der Waals surface area contributed by atoms with Crippen molar-refractivity contribution in [2.24, 2.45) is 0 Å². The van der Waals surface area contributed by atoms with E-state index in [1.165, 1.54) is 32.4 Å². The van der Waals surface area contributed by atoms with Crippen LogP contribution in [0, 0.1) is 0 Å². The van der Waals surface area contributed by atoms with E-state index in [9.17, 15) is 19.2 Å². The first-order valence-corrected chi connectivity index (χ1v) is 9.39. The standard InChI is InChI=1S/C22H24N2O6/c1-5-13-8-7-9-14(6-2)18(13)24-20(26)19(25)23-17-12-15(21(27)29-3)10-11-16(17)22(28)30-4/h7-12H,5-6H2,1-4H3,(H,23,25)(H,24,26). The molecule has 158 valence electrons. The molecule has 0 aliphatic rings. The van der Waals surface area contributed by atoms with Gasteiger partial charge in [-0.1, -0.05) is 32.0 Å². The number of nitrogens with one attached hydrogen (secondary N) is 2. The van der Waals surface area contributed by atoms with E-state index < -0.39 is 23.8 Å². The summed E-state index contributed by atoms with van der Waals surface area (Å²) in [4.78, 5) is 48.9. The first-order valence-electron chi connectivity index (χ1n) is 9.39. The maximum atomic E-state index is 12.5. The first-order chi connectivity index (χ1) is 14.4. The number of carbonyl (C=O) groups excluding carboxylic acids is 4. The third-order valence-corrected chi connectivity index (χ3v) is 4.54. The van der Waals surface area contributed by atoms with E-state index in [0.717, 1.165) is 11.1 Å². The summed E-state index contributed by atoms with van der Waals surface area (Å²) in [6, 6.07) is 9.57. The highest BCUT2D eigenvalue weighted by molar-refractivity contribution is 6.44. The van der Waals surface area contributed by atoms with E-state index in [-0.39, 0.29) is 16.8 Å². The molecule has 0 saturated heterocycles. The lowest BCUT2D eigenvalue weighted by Crippen LogP contribution is -2.30. The van der Waals surface area contributed by atoms with Crippen molar-refractivity contribution < 1.29 is 28.7 Å². The highest BCUT2D eigenvalue weighted by Crippen LogP contribution is 2.23. The molecule has 0 aromatic heterocycles. The minimum absolute atomic E-state index is 0.00508. The van der Waals surface area contributed by atoms with E-state index in [2.05, 4.69) is 15.4 Å². The zero-order chi connectivity index (χ0) is 22.3. The first kappa shape index (κ1) is 22.6. The van der Waals surface area contributed by atoms with Gasteiger partial charge in [-0.2, -0.15) is 0 Å². The molecule has 8 nitrogen and oxygen atoms in total. The molecule has 0 heterocycles. The van der Waals surface area contributed by atoms with Gasteiger partial charge in [0.15, 0.2) is 0 Å². The van der Waals surface area contributed by atoms with Crippen molar-refractivity contribution in [1.29, 1.82) is 0 Å². The highest BCUT2D eigenvalue weighted by atomic mass is 16.5. The lowest BCUT2D eigenvalue weighted by atomic mass is 10.0. The number of benzene rings is 2. The van der Waals surface area contributed by atoms with Gasteiger partial charge in [-0.15, -0.1) is 0 Å². The Morgan fingerprint density at radius 2 is 1.37 bits per heavy atom. The van der Waals surface area contributed by atoms with Gasteiger partial charge < -0.3 is 20.1 Å². The van der Waals surface area contributed by atoms with Crippen LogP contribution in [0.15, 0.2) is 36.4 Å². The van der Waals surface area contributed by atoms with Gasteiger partial charge in [0.1, 0.15) is 0 Å². The molecule has 0 aliphatic carbocycles. The molecular formula is C22H24N2O6. The monoisotopic (exact) mass is 412 g/mol. The maximum absolute atomic E-state index is 12.5. The smallest absolute Gasteiger partial charge is 0.339 e. The summed E-state index contributed by atoms with van der Waals surface area (Å²) >= 11 is 0. The van der Waals surface area contributed by atoms with Crippen LogP contribution in [0.25, 0.3) is 0 Å². The number of hydrogen-bond donors (Lipinski definition) is 2. The predicted molar refractivity (Wildman–Crippen MR) is 112 cm³/mol. The van der Waals surface area contributed by atoms with Crippen LogP contribution in [0.4, 0.5) is 11.4 Å². The molecule has 30 heavy (non-hydrogen) atoms. The third-order valence-electron chi connectivity index (χ3n) is 4.54. The van der Waals surface area contributed by atoms with Crippen molar-refractivity contribution in [3.05, 3.63) is 58.7 Å². The van der Waals surface area contributed by atoms with Gasteiger partial charge in [0, 0.05) is 5.69 Å². The molecule has 0 atom stereocenters. The number of carbonyl (C=O) groups is 4. The van der Waals surface area contributed by atoms with Crippen molar-refractivity contribution >= 4 is 35.1 Å². The molecule has 2 rings (SSSR count). The molecule has 0 saturated carbocycles. The van der Waals surface area contributed by atoms with Gasteiger partial charge in [-0.05, 0) is 42.2 Å². The van der Waals surface area contributed by atoms with Crippen LogP contribution in [-0.4, -0.2) is 38.0 Å². The third kappa shape index (κ3) is 5.02. The Morgan fingerprint density at radius 1 is 0.800 bits per heavy atom. The van der Waals surface area contributed by atoms with Crippen molar-refractivity contribution in [1.82, 2.24) is 0 Å². The van der Waals surface area contributed by atoms with E-state index in [1.54, 1.807) is 0 Å². The van der Waals surface area contributed by atoms with Crippen LogP contribution in [0.5, 0.6) is 0 Å². The quantitative estimate of drug-likeness (QED) is 0.557. The largest absolute Gasteiger partial charge is 0.465 e. The second-order valence-corrected chi connectivity index (χ2v) is 6.31. The summed E-state index contributed by atoms with van der Waals surface area (Å²) in [5, 5.41) is 5.03. The van der Waals surface area contributed by atoms with Crippen LogP contribution in [-0.2, 0) is 31.9 Å². The zero-order valence-electron chi connectivity index (χ0n) is 17.3. The summed E-state index contributed by atoms with van der Waals surface area (Å²) < 4.78 is 9.35. The van der Waals surface area contributed by atoms with E-state index >= 15 is 0 Å². The lowest BCUT2D eigenvalue weighted by molar-refractivity contribution is -0.133. The fourth-order valence-electron chi connectivity index (χ4n) is 2.93. The molecule has 2 amide bonds. The minimum atomic E-state index is -0.991. The second-order valence-electron chi connectivity index (χ2n) is 6.31. The summed E-state index contributed by atoms with van der Waals surface area (Å²) in [6.07, 6.45) is 1.36. The molecule has 0 aliphatic heterocycles. The second kappa shape index (κ2) is 10.2. The highest BCUT2D eigenvalue weighted by Gasteiger charge is 2.22. The number of amides is 2. The van der Waals surface area contributed by atoms with Gasteiger partial charge in [-0.3, -0.25) is 9.59 Å². The molecule has 2 aromatic carbocycles. The van der Waals surface area contributed by atoms with Crippen molar-refractivity contribution in [2.75, 3.05) is 24.9 Å². The summed E-state index contributed by atoms with van der Waals surface area (Å²) in [5.74, 6) is -3.28. The molecule has 8 heteroatoms. The average molecular weight is 412 g/mol. The Morgan fingerprint density at radius 3 is 1.90 bits per heavy atom. The van der Waals surface area contributed by atoms with Crippen molar-refractivity contribution in [2.45, 2.75) is 26.7 Å². The average Bonchev–Trinajstić information content (AvgIpc) is 2.77. The van der Waals surface area contributed by atoms with Gasteiger partial charge >= 0.3 is 23.8 Å². The van der Waals surface area contributed by atoms with E-state index in [1.807, 2.05) is 32.0 Å². The van der Waals surface area contributed by atoms with Crippen molar-refractivity contribution in [3.8, 4) is 0 Å². The number of aryl methyl sites for hydroxylation is 2. The molecule has 0 unspecified atom stereocenters. The fourth-order valence-corrected chi connectivity index (χ4v) is 2.93. The van der Waals surface area contributed by atoms with Crippen LogP contribution >= 0.6 is 0 Å². The van der Waals surface area contributed by atoms with Crippen LogP contribution in [0.3, 0.4) is 0 Å². The predicted octanol–water partition coefficient (Wildman–Crippen LogP) is 2.96. The zero-order valence-corrected chi connectivity index (χ0v) is 17.3. The van der Waals surface area contributed by atoms with Gasteiger partial charge in [0.25, 0.3) is 0 Å². The molecule has 0 fully saturated rings. The Hall–Kier alpha value is -3.68. The van der Waals surface area contributed by atoms with Gasteiger partial charge in [0.2, 0.25) is 0 Å². The van der Waals surface area contributed by atoms with Crippen molar-refractivity contribution in [3.63, 3.8) is 0 Å². The lowest BCUT2D eigenvalue weighted by Gasteiger charge is -2.15. The number of esters is 2. The summed E-state index contributed by atoms with van der Waals surface area (Å²) in [5.41, 5.74) is 2.46. The molecule has 0 bridgehead atoms. The summed E-state index contributed by atoms with van der Waals surface area (Å²) in [6.45, 7) is 3.90. The Labute approximate surface area is 174 Å². The van der Waals surface area contributed by atoms with Crippen LogP contribution in [0.2, 0.25) is 0 Å². The van der Waals surface area contributed by atoms with Crippen LogP contribution < -0.4 is 10.6 Å². The topological polar surface area (TPSA) is 111 Å². The van der Waals surface area contributed by atoms with Gasteiger partial charge in [0.05, 0.1) is 31.0 Å². The number of hydrogen-bond acceptors (Lipinski definition) is 6. The normalized spacial score (nSPS) is 10.1. The molecule has 0 radical (unpaired) electrons. The molecule has 2 aromatic rings. The number of rotatable bonds is 6. The summed E-state index contributed by atoms with van der Waals surface area (Å²) in [7, 11) is 2.39. The number of ether oxygens (including phenoxy) is 2. The number of methoxy groups -OCH3 is 2. The SMILES string of the molecule is CCc1cccc(CC)c1NC(=O)C(=O)Nc1cc(C(=O)OC)ccc1C(=O)OC. The number of para-hydroxylation sites is 1. The Balaban J connectivity index is 2.32. The molecular weight excluding hydrogens is 388 g/mol. The van der Waals surface area contributed by atoms with E-state index in [0.29, 0.717) is 18.5 Å². The molecule has 0 spiro atoms. The minimum Gasteiger partial charge on any atom is -0.465 e. The maximum Gasteiger partial charge on any atom is 0.339 e.